The summed E-state index contributed by atoms with van der Waals surface area (Å²) in [5, 5.41) is 0. The van der Waals surface area contributed by atoms with Gasteiger partial charge >= 0.3 is 0 Å². The Hall–Kier alpha value is -2.18. The second-order valence-corrected chi connectivity index (χ2v) is 3.78. The van der Waals surface area contributed by atoms with Crippen molar-refractivity contribution in [3.05, 3.63) is 36.4 Å². The summed E-state index contributed by atoms with van der Waals surface area (Å²) in [5.74, 6) is 0. The average molecular weight is 319 g/mol. The standard InChI is InChI=1S/2C6H9N3.2ClH/c2*7-4-1-2-5(8)6(9)3-4;;/h2*1-3H,7-9H2;2*1H. The molecule has 0 spiro atoms. The van der Waals surface area contributed by atoms with Gasteiger partial charge in [-0.3, -0.25) is 0 Å². The van der Waals surface area contributed by atoms with Gasteiger partial charge in [0.05, 0.1) is 22.7 Å². The molecule has 0 heterocycles. The first kappa shape index (κ1) is 20.1. The average Bonchev–Trinajstić information content (AvgIpc) is 2.30. The molecule has 2 aromatic rings. The minimum Gasteiger partial charge on any atom is -0.399 e. The van der Waals surface area contributed by atoms with Gasteiger partial charge in [-0.2, -0.15) is 0 Å². The molecule has 0 aromatic heterocycles. The van der Waals surface area contributed by atoms with Gasteiger partial charge in [-0.1, -0.05) is 0 Å². The van der Waals surface area contributed by atoms with E-state index in [1.54, 1.807) is 36.4 Å². The molecule has 8 heteroatoms. The first-order chi connectivity index (χ1) is 8.40. The quantitative estimate of drug-likeness (QED) is 0.406. The molecule has 0 aliphatic carbocycles. The molecule has 0 aliphatic rings. The van der Waals surface area contributed by atoms with Crippen LogP contribution in [0.1, 0.15) is 0 Å². The van der Waals surface area contributed by atoms with Crippen LogP contribution in [0, 0.1) is 0 Å². The number of nitrogens with two attached hydrogens (primary N) is 6. The van der Waals surface area contributed by atoms with Crippen LogP contribution >= 0.6 is 24.8 Å². The fraction of sp³-hybridized carbons (Fsp3) is 0. The van der Waals surface area contributed by atoms with Crippen molar-refractivity contribution in [1.82, 2.24) is 0 Å². The van der Waals surface area contributed by atoms with Crippen LogP contribution in [-0.4, -0.2) is 0 Å². The van der Waals surface area contributed by atoms with Crippen LogP contribution in [0.25, 0.3) is 0 Å². The normalized spacial score (nSPS) is 8.40. The molecule has 6 nitrogen and oxygen atoms in total. The molecule has 20 heavy (non-hydrogen) atoms. The Kier molecular flexibility index (Phi) is 8.91. The van der Waals surface area contributed by atoms with E-state index in [-0.39, 0.29) is 24.8 Å². The number of halogens is 2. The molecule has 12 N–H and O–H groups in total. The molecule has 0 atom stereocenters. The van der Waals surface area contributed by atoms with E-state index in [1.807, 2.05) is 0 Å². The maximum Gasteiger partial charge on any atom is 0.0568 e. The lowest BCUT2D eigenvalue weighted by Crippen LogP contribution is -1.95. The summed E-state index contributed by atoms with van der Waals surface area (Å²) < 4.78 is 0. The minimum atomic E-state index is 0. The molecule has 0 bridgehead atoms. The number of rotatable bonds is 0. The summed E-state index contributed by atoms with van der Waals surface area (Å²) in [6.45, 7) is 0. The molecule has 0 aliphatic heterocycles. The number of anilines is 6. The van der Waals surface area contributed by atoms with E-state index in [0.717, 1.165) is 0 Å². The highest BCUT2D eigenvalue weighted by molar-refractivity contribution is 5.85. The van der Waals surface area contributed by atoms with Crippen LogP contribution in [-0.2, 0) is 0 Å². The van der Waals surface area contributed by atoms with Crippen molar-refractivity contribution in [2.75, 3.05) is 34.4 Å². The molecule has 0 fully saturated rings. The SMILES string of the molecule is Cl.Cl.Nc1ccc(N)c(N)c1.Nc1ccc(N)c(N)c1. The Morgan fingerprint density at radius 2 is 0.750 bits per heavy atom. The summed E-state index contributed by atoms with van der Waals surface area (Å²) in [7, 11) is 0. The maximum absolute atomic E-state index is 5.42. The summed E-state index contributed by atoms with van der Waals surface area (Å²) in [6.07, 6.45) is 0. The molecule has 2 aromatic carbocycles. The van der Waals surface area contributed by atoms with E-state index < -0.39 is 0 Å². The van der Waals surface area contributed by atoms with Crippen molar-refractivity contribution in [2.45, 2.75) is 0 Å². The van der Waals surface area contributed by atoms with Gasteiger partial charge in [0.15, 0.2) is 0 Å². The zero-order valence-corrected chi connectivity index (χ0v) is 12.4. The number of nitrogen functional groups attached to an aromatic ring is 6. The Morgan fingerprint density at radius 3 is 0.950 bits per heavy atom. The van der Waals surface area contributed by atoms with Crippen LogP contribution in [0.2, 0.25) is 0 Å². The topological polar surface area (TPSA) is 156 Å². The van der Waals surface area contributed by atoms with E-state index in [9.17, 15) is 0 Å². The zero-order chi connectivity index (χ0) is 13.7. The van der Waals surface area contributed by atoms with Crippen LogP contribution in [0.15, 0.2) is 36.4 Å². The monoisotopic (exact) mass is 318 g/mol. The summed E-state index contributed by atoms with van der Waals surface area (Å²) in [6, 6.07) is 10.1. The Labute approximate surface area is 130 Å². The molecular formula is C12H20Cl2N6. The lowest BCUT2D eigenvalue weighted by Gasteiger charge is -1.98. The van der Waals surface area contributed by atoms with Gasteiger partial charge in [0, 0.05) is 11.4 Å². The Balaban J connectivity index is 0. The molecule has 0 radical (unpaired) electrons. The minimum absolute atomic E-state index is 0. The van der Waals surface area contributed by atoms with Gasteiger partial charge in [0.1, 0.15) is 0 Å². The zero-order valence-electron chi connectivity index (χ0n) is 10.7. The molecule has 112 valence electrons. The lowest BCUT2D eigenvalue weighted by molar-refractivity contribution is 1.65. The fourth-order valence-electron chi connectivity index (χ4n) is 1.19. The van der Waals surface area contributed by atoms with Crippen molar-refractivity contribution in [1.29, 1.82) is 0 Å². The highest BCUT2D eigenvalue weighted by atomic mass is 35.5. The van der Waals surface area contributed by atoms with Crippen molar-refractivity contribution < 1.29 is 0 Å². The first-order valence-corrected chi connectivity index (χ1v) is 5.21. The Morgan fingerprint density at radius 1 is 0.450 bits per heavy atom. The van der Waals surface area contributed by atoms with Crippen LogP contribution in [0.5, 0.6) is 0 Å². The van der Waals surface area contributed by atoms with Gasteiger partial charge in [0.2, 0.25) is 0 Å². The first-order valence-electron chi connectivity index (χ1n) is 5.21. The third-order valence-electron chi connectivity index (χ3n) is 2.22. The molecule has 0 saturated carbocycles. The van der Waals surface area contributed by atoms with E-state index in [0.29, 0.717) is 34.1 Å². The molecule has 0 unspecified atom stereocenters. The van der Waals surface area contributed by atoms with Gasteiger partial charge in [-0.05, 0) is 36.4 Å². The third-order valence-corrected chi connectivity index (χ3v) is 2.22. The van der Waals surface area contributed by atoms with Crippen molar-refractivity contribution in [3.8, 4) is 0 Å². The second kappa shape index (κ2) is 8.84. The highest BCUT2D eigenvalue weighted by Gasteiger charge is 1.91. The smallest absolute Gasteiger partial charge is 0.0568 e. The van der Waals surface area contributed by atoms with Crippen molar-refractivity contribution in [3.63, 3.8) is 0 Å². The van der Waals surface area contributed by atoms with E-state index in [4.69, 9.17) is 34.4 Å². The van der Waals surface area contributed by atoms with Gasteiger partial charge in [-0.15, -0.1) is 24.8 Å². The Bertz CT molecular complexity index is 498. The molecule has 0 saturated heterocycles. The summed E-state index contributed by atoms with van der Waals surface area (Å²) >= 11 is 0. The number of hydrogen-bond donors (Lipinski definition) is 6. The lowest BCUT2D eigenvalue weighted by atomic mass is 10.2. The third kappa shape index (κ3) is 6.12. The van der Waals surface area contributed by atoms with Crippen molar-refractivity contribution >= 4 is 58.9 Å². The van der Waals surface area contributed by atoms with Crippen LogP contribution in [0.4, 0.5) is 34.1 Å². The van der Waals surface area contributed by atoms with E-state index in [2.05, 4.69) is 0 Å². The van der Waals surface area contributed by atoms with Crippen molar-refractivity contribution in [2.24, 2.45) is 0 Å². The second-order valence-electron chi connectivity index (χ2n) is 3.78. The van der Waals surface area contributed by atoms with Crippen LogP contribution in [0.3, 0.4) is 0 Å². The maximum atomic E-state index is 5.42. The van der Waals surface area contributed by atoms with Gasteiger partial charge in [0.25, 0.3) is 0 Å². The van der Waals surface area contributed by atoms with E-state index in [1.165, 1.54) is 0 Å². The van der Waals surface area contributed by atoms with Gasteiger partial charge < -0.3 is 34.4 Å². The van der Waals surface area contributed by atoms with Crippen LogP contribution < -0.4 is 34.4 Å². The fourth-order valence-corrected chi connectivity index (χ4v) is 1.19. The number of benzene rings is 2. The van der Waals surface area contributed by atoms with E-state index >= 15 is 0 Å². The summed E-state index contributed by atoms with van der Waals surface area (Å²) in [4.78, 5) is 0. The molecule has 2 rings (SSSR count). The molecule has 0 amide bonds. The highest BCUT2D eigenvalue weighted by Crippen LogP contribution is 2.17. The number of hydrogen-bond acceptors (Lipinski definition) is 6. The van der Waals surface area contributed by atoms with Gasteiger partial charge in [-0.25, -0.2) is 0 Å². The largest absolute Gasteiger partial charge is 0.399 e. The predicted octanol–water partition coefficient (Wildman–Crippen LogP) is 1.71. The predicted molar refractivity (Wildman–Crippen MR) is 93.9 cm³/mol. The summed E-state index contributed by atoms with van der Waals surface area (Å²) in [5.41, 5.74) is 35.9. The molecular weight excluding hydrogens is 299 g/mol.